The van der Waals surface area contributed by atoms with E-state index in [1.165, 1.54) is 14.2 Å². The lowest BCUT2D eigenvalue weighted by molar-refractivity contribution is -0.149. The van der Waals surface area contributed by atoms with E-state index in [2.05, 4.69) is 14.5 Å². The van der Waals surface area contributed by atoms with Crippen LogP contribution in [0.3, 0.4) is 0 Å². The quantitative estimate of drug-likeness (QED) is 0.436. The van der Waals surface area contributed by atoms with E-state index < -0.39 is 29.6 Å². The molecule has 0 saturated heterocycles. The maximum Gasteiger partial charge on any atom is 0.433 e. The molecule has 0 aliphatic carbocycles. The number of aliphatic imine (C=N–C) groups is 1. The zero-order valence-electron chi connectivity index (χ0n) is 11.8. The van der Waals surface area contributed by atoms with E-state index in [9.17, 15) is 14.4 Å². The molecule has 1 unspecified atom stereocenters. The highest BCUT2D eigenvalue weighted by Crippen LogP contribution is 2.09. The van der Waals surface area contributed by atoms with Gasteiger partial charge in [-0.3, -0.25) is 9.59 Å². The van der Waals surface area contributed by atoms with Gasteiger partial charge in [-0.2, -0.15) is 4.99 Å². The van der Waals surface area contributed by atoms with Gasteiger partial charge in [0, 0.05) is 6.21 Å². The van der Waals surface area contributed by atoms with Crippen LogP contribution in [0, 0.1) is 5.92 Å². The first-order chi connectivity index (χ1) is 8.69. The predicted octanol–water partition coefficient (Wildman–Crippen LogP) is 1.34. The highest BCUT2D eigenvalue weighted by Gasteiger charge is 2.22. The lowest BCUT2D eigenvalue weighted by atomic mass is 10.1. The Morgan fingerprint density at radius 3 is 2.16 bits per heavy atom. The van der Waals surface area contributed by atoms with Crippen molar-refractivity contribution in [1.29, 1.82) is 0 Å². The summed E-state index contributed by atoms with van der Waals surface area (Å²) in [6, 6.07) is 0. The Labute approximate surface area is 111 Å². The highest BCUT2D eigenvalue weighted by atomic mass is 16.6. The summed E-state index contributed by atoms with van der Waals surface area (Å²) in [5.41, 5.74) is -0.683. The second-order valence-electron chi connectivity index (χ2n) is 4.67. The third-order valence-electron chi connectivity index (χ3n) is 1.87. The molecule has 0 heterocycles. The van der Waals surface area contributed by atoms with Crippen LogP contribution in [0.4, 0.5) is 4.79 Å². The zero-order valence-corrected chi connectivity index (χ0v) is 11.8. The summed E-state index contributed by atoms with van der Waals surface area (Å²) >= 11 is 0. The predicted molar refractivity (Wildman–Crippen MR) is 66.9 cm³/mol. The molecule has 0 radical (unpaired) electrons. The Morgan fingerprint density at radius 1 is 1.16 bits per heavy atom. The normalized spacial score (nSPS) is 12.9. The Morgan fingerprint density at radius 2 is 1.74 bits per heavy atom. The maximum absolute atomic E-state index is 11.4. The molecule has 7 heteroatoms. The third-order valence-corrected chi connectivity index (χ3v) is 1.87. The maximum atomic E-state index is 11.4. The summed E-state index contributed by atoms with van der Waals surface area (Å²) in [4.78, 5) is 37.3. The minimum atomic E-state index is -0.982. The first-order valence-corrected chi connectivity index (χ1v) is 5.61. The number of amides is 1. The van der Waals surface area contributed by atoms with Gasteiger partial charge in [-0.15, -0.1) is 0 Å². The van der Waals surface area contributed by atoms with Crippen LogP contribution < -0.4 is 0 Å². The smallest absolute Gasteiger partial charge is 0.433 e. The van der Waals surface area contributed by atoms with Crippen molar-refractivity contribution in [3.8, 4) is 0 Å². The van der Waals surface area contributed by atoms with Crippen molar-refractivity contribution in [2.24, 2.45) is 10.9 Å². The first kappa shape index (κ1) is 17.1. The van der Waals surface area contributed by atoms with Gasteiger partial charge in [0.05, 0.1) is 20.6 Å². The SMILES string of the molecule is COC(=O)CC(C=NC(=O)OC(C)(C)C)C(=O)OC. The van der Waals surface area contributed by atoms with Crippen LogP contribution in [0.25, 0.3) is 0 Å². The van der Waals surface area contributed by atoms with Crippen LogP contribution in [0.2, 0.25) is 0 Å². The third kappa shape index (κ3) is 7.91. The number of hydrogen-bond acceptors (Lipinski definition) is 6. The molecule has 0 aliphatic rings. The van der Waals surface area contributed by atoms with Crippen molar-refractivity contribution < 1.29 is 28.6 Å². The van der Waals surface area contributed by atoms with E-state index in [0.29, 0.717) is 0 Å². The molecule has 0 aliphatic heterocycles. The van der Waals surface area contributed by atoms with Crippen LogP contribution in [-0.2, 0) is 23.8 Å². The average Bonchev–Trinajstić information content (AvgIpc) is 2.30. The molecular formula is C12H19NO6. The van der Waals surface area contributed by atoms with Crippen molar-refractivity contribution in [2.45, 2.75) is 32.8 Å². The molecule has 0 aromatic rings. The van der Waals surface area contributed by atoms with E-state index in [1.807, 2.05) is 0 Å². The standard InChI is InChI=1S/C12H19NO6/c1-12(2,3)19-11(16)13-7-8(10(15)18-5)6-9(14)17-4/h7-8H,6H2,1-5H3. The molecule has 0 rings (SSSR count). The summed E-state index contributed by atoms with van der Waals surface area (Å²) in [5, 5.41) is 0. The van der Waals surface area contributed by atoms with Gasteiger partial charge in [0.25, 0.3) is 0 Å². The Balaban J connectivity index is 4.68. The second kappa shape index (κ2) is 7.50. The van der Waals surface area contributed by atoms with Crippen LogP contribution in [-0.4, -0.2) is 44.1 Å². The van der Waals surface area contributed by atoms with Gasteiger partial charge in [-0.05, 0) is 20.8 Å². The molecule has 108 valence electrons. The molecule has 19 heavy (non-hydrogen) atoms. The Bertz CT molecular complexity index is 369. The molecular weight excluding hydrogens is 254 g/mol. The van der Waals surface area contributed by atoms with E-state index in [4.69, 9.17) is 4.74 Å². The second-order valence-corrected chi connectivity index (χ2v) is 4.67. The fourth-order valence-electron chi connectivity index (χ4n) is 1.05. The molecule has 7 nitrogen and oxygen atoms in total. The van der Waals surface area contributed by atoms with Gasteiger partial charge in [-0.25, -0.2) is 4.79 Å². The Hall–Kier alpha value is -1.92. The fraction of sp³-hybridized carbons (Fsp3) is 0.667. The number of carbonyl (C=O) groups excluding carboxylic acids is 3. The summed E-state index contributed by atoms with van der Waals surface area (Å²) < 4.78 is 13.9. The topological polar surface area (TPSA) is 91.3 Å². The van der Waals surface area contributed by atoms with Gasteiger partial charge in [0.1, 0.15) is 11.5 Å². The lowest BCUT2D eigenvalue weighted by Crippen LogP contribution is -2.24. The van der Waals surface area contributed by atoms with Crippen molar-refractivity contribution in [3.05, 3.63) is 0 Å². The van der Waals surface area contributed by atoms with Gasteiger partial charge in [-0.1, -0.05) is 0 Å². The lowest BCUT2D eigenvalue weighted by Gasteiger charge is -2.17. The molecule has 0 bridgehead atoms. The molecule has 1 atom stereocenters. The van der Waals surface area contributed by atoms with Gasteiger partial charge >= 0.3 is 18.0 Å². The number of esters is 2. The number of rotatable bonds is 4. The zero-order chi connectivity index (χ0) is 15.1. The average molecular weight is 273 g/mol. The van der Waals surface area contributed by atoms with E-state index in [1.54, 1.807) is 20.8 Å². The molecule has 0 aromatic heterocycles. The highest BCUT2D eigenvalue weighted by molar-refractivity contribution is 5.96. The number of hydrogen-bond donors (Lipinski definition) is 0. The monoisotopic (exact) mass is 273 g/mol. The molecule has 0 N–H and O–H groups in total. The molecule has 0 fully saturated rings. The van der Waals surface area contributed by atoms with Crippen molar-refractivity contribution in [3.63, 3.8) is 0 Å². The van der Waals surface area contributed by atoms with Crippen LogP contribution >= 0.6 is 0 Å². The first-order valence-electron chi connectivity index (χ1n) is 5.61. The van der Waals surface area contributed by atoms with Crippen LogP contribution in [0.5, 0.6) is 0 Å². The van der Waals surface area contributed by atoms with Crippen molar-refractivity contribution in [2.75, 3.05) is 14.2 Å². The van der Waals surface area contributed by atoms with Crippen molar-refractivity contribution in [1.82, 2.24) is 0 Å². The number of ether oxygens (including phenoxy) is 3. The largest absolute Gasteiger partial charge is 0.469 e. The van der Waals surface area contributed by atoms with Gasteiger partial charge in [0.15, 0.2) is 0 Å². The fourth-order valence-corrected chi connectivity index (χ4v) is 1.05. The van der Waals surface area contributed by atoms with Crippen molar-refractivity contribution >= 4 is 24.2 Å². The minimum absolute atomic E-state index is 0.254. The van der Waals surface area contributed by atoms with Gasteiger partial charge < -0.3 is 14.2 Å². The number of methoxy groups -OCH3 is 2. The van der Waals surface area contributed by atoms with Gasteiger partial charge in [0.2, 0.25) is 0 Å². The number of carbonyl (C=O) groups is 3. The molecule has 0 spiro atoms. The Kier molecular flexibility index (Phi) is 6.74. The van der Waals surface area contributed by atoms with Crippen LogP contribution in [0.15, 0.2) is 4.99 Å². The molecule has 1 amide bonds. The summed E-state index contributed by atoms with van der Waals surface area (Å²) in [6.07, 6.45) is -0.0713. The summed E-state index contributed by atoms with van der Waals surface area (Å²) in [7, 11) is 2.37. The van der Waals surface area contributed by atoms with E-state index in [-0.39, 0.29) is 6.42 Å². The minimum Gasteiger partial charge on any atom is -0.469 e. The van der Waals surface area contributed by atoms with Crippen LogP contribution in [0.1, 0.15) is 27.2 Å². The summed E-state index contributed by atoms with van der Waals surface area (Å²) in [6.45, 7) is 5.06. The van der Waals surface area contributed by atoms with E-state index >= 15 is 0 Å². The number of nitrogens with zero attached hydrogens (tertiary/aromatic N) is 1. The van der Waals surface area contributed by atoms with E-state index in [0.717, 1.165) is 6.21 Å². The molecule has 0 saturated carbocycles. The summed E-state index contributed by atoms with van der Waals surface area (Å²) in [5.74, 6) is -2.27. The molecule has 0 aromatic carbocycles.